The van der Waals surface area contributed by atoms with Crippen molar-refractivity contribution in [2.45, 2.75) is 25.7 Å². The van der Waals surface area contributed by atoms with Crippen molar-refractivity contribution in [2.75, 3.05) is 26.2 Å². The van der Waals surface area contributed by atoms with Gasteiger partial charge in [0.05, 0.1) is 5.02 Å². The molecule has 19 heavy (non-hydrogen) atoms. The van der Waals surface area contributed by atoms with Gasteiger partial charge in [-0.15, -0.1) is 0 Å². The molecule has 0 aliphatic carbocycles. The number of hydrogen-bond acceptors (Lipinski definition) is 2. The monoisotopic (exact) mass is 281 g/mol. The molecule has 1 aromatic heterocycles. The second-order valence-corrected chi connectivity index (χ2v) is 6.21. The number of nitrogens with zero attached hydrogens (tertiary/aromatic N) is 1. The van der Waals surface area contributed by atoms with Gasteiger partial charge < -0.3 is 15.2 Å². The lowest BCUT2D eigenvalue weighted by Crippen LogP contribution is -2.47. The fourth-order valence-electron chi connectivity index (χ4n) is 3.30. The number of amides is 1. The third-order valence-electron chi connectivity index (χ3n) is 4.65. The quantitative estimate of drug-likeness (QED) is 0.830. The van der Waals surface area contributed by atoms with Crippen molar-refractivity contribution >= 4 is 17.5 Å². The topological polar surface area (TPSA) is 48.1 Å². The first-order valence-electron chi connectivity index (χ1n) is 7.03. The smallest absolute Gasteiger partial charge is 0.270 e. The molecule has 1 amide bonds. The van der Waals surface area contributed by atoms with Gasteiger partial charge in [-0.3, -0.25) is 4.79 Å². The van der Waals surface area contributed by atoms with Crippen molar-refractivity contribution in [3.05, 3.63) is 23.0 Å². The maximum atomic E-state index is 12.3. The van der Waals surface area contributed by atoms with Crippen molar-refractivity contribution in [3.63, 3.8) is 0 Å². The fraction of sp³-hybridized carbons (Fsp3) is 0.643. The lowest BCUT2D eigenvalue weighted by Gasteiger charge is -2.44. The van der Waals surface area contributed by atoms with E-state index in [9.17, 15) is 4.79 Å². The number of aromatic amines is 1. The minimum atomic E-state index is 0.0793. The Bertz CT molecular complexity index is 455. The zero-order valence-corrected chi connectivity index (χ0v) is 11.8. The molecule has 2 fully saturated rings. The minimum absolute atomic E-state index is 0.0793. The second kappa shape index (κ2) is 5.17. The molecule has 1 spiro atoms. The fourth-order valence-corrected chi connectivity index (χ4v) is 3.47. The van der Waals surface area contributed by atoms with Gasteiger partial charge in [0, 0.05) is 19.3 Å². The molecular weight excluding hydrogens is 262 g/mol. The Morgan fingerprint density at radius 1 is 1.21 bits per heavy atom. The largest absolute Gasteiger partial charge is 0.356 e. The molecule has 0 atom stereocenters. The van der Waals surface area contributed by atoms with Crippen molar-refractivity contribution in [1.82, 2.24) is 15.2 Å². The Labute approximate surface area is 118 Å². The van der Waals surface area contributed by atoms with Crippen LogP contribution in [0.4, 0.5) is 0 Å². The summed E-state index contributed by atoms with van der Waals surface area (Å²) in [4.78, 5) is 17.2. The van der Waals surface area contributed by atoms with E-state index in [0.717, 1.165) is 39.0 Å². The van der Waals surface area contributed by atoms with E-state index in [1.807, 2.05) is 4.90 Å². The predicted molar refractivity (Wildman–Crippen MR) is 75.5 cm³/mol. The van der Waals surface area contributed by atoms with Crippen LogP contribution in [0.3, 0.4) is 0 Å². The molecule has 2 aliphatic rings. The molecule has 0 unspecified atom stereocenters. The van der Waals surface area contributed by atoms with Crippen molar-refractivity contribution in [3.8, 4) is 0 Å². The Morgan fingerprint density at radius 3 is 2.47 bits per heavy atom. The van der Waals surface area contributed by atoms with Crippen LogP contribution in [-0.2, 0) is 0 Å². The molecule has 0 aromatic carbocycles. The van der Waals surface area contributed by atoms with Gasteiger partial charge in [-0.05, 0) is 50.3 Å². The first-order chi connectivity index (χ1) is 9.19. The van der Waals surface area contributed by atoms with Crippen molar-refractivity contribution < 1.29 is 4.79 Å². The van der Waals surface area contributed by atoms with Crippen molar-refractivity contribution in [2.24, 2.45) is 5.41 Å². The van der Waals surface area contributed by atoms with Crippen LogP contribution < -0.4 is 5.32 Å². The zero-order valence-electron chi connectivity index (χ0n) is 11.0. The molecule has 0 saturated carbocycles. The molecule has 0 radical (unpaired) electrons. The van der Waals surface area contributed by atoms with Gasteiger partial charge in [0.1, 0.15) is 5.69 Å². The Hall–Kier alpha value is -1.00. The normalized spacial score (nSPS) is 22.7. The highest BCUT2D eigenvalue weighted by molar-refractivity contribution is 6.30. The summed E-state index contributed by atoms with van der Waals surface area (Å²) in [5, 5.41) is 4.01. The van der Waals surface area contributed by atoms with Crippen LogP contribution in [-0.4, -0.2) is 42.0 Å². The summed E-state index contributed by atoms with van der Waals surface area (Å²) in [5.74, 6) is 0.0793. The minimum Gasteiger partial charge on any atom is -0.356 e. The van der Waals surface area contributed by atoms with Gasteiger partial charge in [-0.1, -0.05) is 11.6 Å². The molecule has 2 saturated heterocycles. The number of carbonyl (C=O) groups is 1. The number of halogens is 1. The number of piperidine rings is 2. The zero-order chi connectivity index (χ0) is 13.3. The molecular formula is C14H20ClN3O. The number of H-pyrrole nitrogens is 1. The van der Waals surface area contributed by atoms with Crippen LogP contribution in [0.15, 0.2) is 12.3 Å². The summed E-state index contributed by atoms with van der Waals surface area (Å²) in [6.45, 7) is 3.99. The van der Waals surface area contributed by atoms with Crippen LogP contribution in [0.5, 0.6) is 0 Å². The molecule has 4 nitrogen and oxygen atoms in total. The number of hydrogen-bond donors (Lipinski definition) is 2. The molecule has 1 aromatic rings. The summed E-state index contributed by atoms with van der Waals surface area (Å²) in [6.07, 6.45) is 6.43. The average molecular weight is 282 g/mol. The van der Waals surface area contributed by atoms with Crippen molar-refractivity contribution in [1.29, 1.82) is 0 Å². The maximum absolute atomic E-state index is 12.3. The molecule has 2 N–H and O–H groups in total. The van der Waals surface area contributed by atoms with E-state index in [1.165, 1.54) is 12.8 Å². The summed E-state index contributed by atoms with van der Waals surface area (Å²) in [6, 6.07) is 1.71. The second-order valence-electron chi connectivity index (χ2n) is 5.77. The lowest BCUT2D eigenvalue weighted by atomic mass is 9.71. The third-order valence-corrected chi connectivity index (χ3v) is 4.87. The highest BCUT2D eigenvalue weighted by Gasteiger charge is 2.36. The number of likely N-dealkylation sites (tertiary alicyclic amines) is 1. The first-order valence-corrected chi connectivity index (χ1v) is 7.40. The van der Waals surface area contributed by atoms with Crippen LogP contribution in [0.1, 0.15) is 36.2 Å². The van der Waals surface area contributed by atoms with Gasteiger partial charge in [-0.2, -0.15) is 0 Å². The number of carbonyl (C=O) groups excluding carboxylic acids is 1. The highest BCUT2D eigenvalue weighted by Crippen LogP contribution is 2.39. The van der Waals surface area contributed by atoms with E-state index in [1.54, 1.807) is 12.3 Å². The highest BCUT2D eigenvalue weighted by atomic mass is 35.5. The van der Waals surface area contributed by atoms with Gasteiger partial charge in [-0.25, -0.2) is 0 Å². The maximum Gasteiger partial charge on any atom is 0.270 e. The molecule has 5 heteroatoms. The number of aromatic nitrogens is 1. The third kappa shape index (κ3) is 2.65. The van der Waals surface area contributed by atoms with Crippen LogP contribution >= 0.6 is 11.6 Å². The SMILES string of the molecule is O=C(c1cc(Cl)c[nH]1)N1CCC2(CCNCC2)CC1. The van der Waals surface area contributed by atoms with E-state index in [-0.39, 0.29) is 5.91 Å². The van der Waals surface area contributed by atoms with E-state index >= 15 is 0 Å². The van der Waals surface area contributed by atoms with E-state index < -0.39 is 0 Å². The van der Waals surface area contributed by atoms with Crippen LogP contribution in [0.2, 0.25) is 5.02 Å². The van der Waals surface area contributed by atoms with Crippen LogP contribution in [0.25, 0.3) is 0 Å². The summed E-state index contributed by atoms with van der Waals surface area (Å²) in [7, 11) is 0. The molecule has 2 aliphatic heterocycles. The van der Waals surface area contributed by atoms with Gasteiger partial charge >= 0.3 is 0 Å². The number of nitrogens with one attached hydrogen (secondary N) is 2. The van der Waals surface area contributed by atoms with E-state index in [2.05, 4.69) is 10.3 Å². The van der Waals surface area contributed by atoms with Gasteiger partial charge in [0.25, 0.3) is 5.91 Å². The summed E-state index contributed by atoms with van der Waals surface area (Å²) >= 11 is 5.85. The summed E-state index contributed by atoms with van der Waals surface area (Å²) in [5.41, 5.74) is 1.08. The molecule has 3 rings (SSSR count). The predicted octanol–water partition coefficient (Wildman–Crippen LogP) is 2.27. The van der Waals surface area contributed by atoms with E-state index in [0.29, 0.717) is 16.1 Å². The lowest BCUT2D eigenvalue weighted by molar-refractivity contribution is 0.0491. The Balaban J connectivity index is 1.62. The Morgan fingerprint density at radius 2 is 1.89 bits per heavy atom. The number of rotatable bonds is 1. The summed E-state index contributed by atoms with van der Waals surface area (Å²) < 4.78 is 0. The van der Waals surface area contributed by atoms with Gasteiger partial charge in [0.15, 0.2) is 0 Å². The molecule has 104 valence electrons. The average Bonchev–Trinajstić information content (AvgIpc) is 2.87. The first kappa shape index (κ1) is 13.0. The molecule has 0 bridgehead atoms. The van der Waals surface area contributed by atoms with Crippen LogP contribution in [0, 0.1) is 5.41 Å². The standard InChI is InChI=1S/C14H20ClN3O/c15-11-9-12(17-10-11)13(19)18-7-3-14(4-8-18)1-5-16-6-2-14/h9-10,16-17H,1-8H2. The Kier molecular flexibility index (Phi) is 3.54. The van der Waals surface area contributed by atoms with E-state index in [4.69, 9.17) is 11.6 Å². The molecule has 3 heterocycles. The van der Waals surface area contributed by atoms with Gasteiger partial charge in [0.2, 0.25) is 0 Å².